The van der Waals surface area contributed by atoms with E-state index >= 15 is 0 Å². The van der Waals surface area contributed by atoms with Crippen molar-refractivity contribution in [3.8, 4) is 11.5 Å². The third kappa shape index (κ3) is 6.10. The zero-order valence-electron chi connectivity index (χ0n) is 15.0. The molecule has 0 bridgehead atoms. The first kappa shape index (κ1) is 20.4. The molecule has 146 valence electrons. The van der Waals surface area contributed by atoms with Gasteiger partial charge in [-0.05, 0) is 37.1 Å². The number of hydrogen-bond acceptors (Lipinski definition) is 5. The number of nitrogens with one attached hydrogen (secondary N) is 1. The first-order chi connectivity index (χ1) is 12.5. The summed E-state index contributed by atoms with van der Waals surface area (Å²) in [6.45, 7) is -0.383. The van der Waals surface area contributed by atoms with Gasteiger partial charge in [0.2, 0.25) is 5.91 Å². The second kappa shape index (κ2) is 10.3. The Bertz CT molecular complexity index is 587. The molecular formula is C18H27F2N3O3. The van der Waals surface area contributed by atoms with E-state index in [1.54, 1.807) is 12.1 Å². The Balaban J connectivity index is 2.00. The van der Waals surface area contributed by atoms with Gasteiger partial charge in [-0.2, -0.15) is 8.78 Å². The number of nitrogens with zero attached hydrogens (tertiary/aromatic N) is 1. The molecule has 0 saturated carbocycles. The van der Waals surface area contributed by atoms with E-state index in [2.05, 4.69) is 15.0 Å². The molecule has 3 N–H and O–H groups in total. The molecule has 1 unspecified atom stereocenters. The van der Waals surface area contributed by atoms with E-state index in [-0.39, 0.29) is 23.4 Å². The maximum Gasteiger partial charge on any atom is 0.387 e. The van der Waals surface area contributed by atoms with Crippen molar-refractivity contribution in [2.75, 3.05) is 26.7 Å². The second-order valence-electron chi connectivity index (χ2n) is 6.33. The zero-order valence-corrected chi connectivity index (χ0v) is 15.0. The molecular weight excluding hydrogens is 344 g/mol. The van der Waals surface area contributed by atoms with Gasteiger partial charge in [0.1, 0.15) is 0 Å². The molecule has 1 aliphatic heterocycles. The number of likely N-dealkylation sites (tertiary alicyclic amines) is 1. The molecule has 1 heterocycles. The molecule has 1 amide bonds. The normalized spacial score (nSPS) is 18.0. The SMILES string of the molecule is COc1cc(CN2CCCCC2CNC(=O)CCN)ccc1OC(F)F. The van der Waals surface area contributed by atoms with Crippen molar-refractivity contribution in [3.63, 3.8) is 0 Å². The first-order valence-electron chi connectivity index (χ1n) is 8.86. The van der Waals surface area contributed by atoms with Gasteiger partial charge in [0.05, 0.1) is 7.11 Å². The van der Waals surface area contributed by atoms with Gasteiger partial charge in [0, 0.05) is 32.1 Å². The van der Waals surface area contributed by atoms with Crippen LogP contribution in [0.5, 0.6) is 11.5 Å². The summed E-state index contributed by atoms with van der Waals surface area (Å²) in [6.07, 6.45) is 3.55. The van der Waals surface area contributed by atoms with Crippen molar-refractivity contribution in [2.45, 2.75) is 44.9 Å². The van der Waals surface area contributed by atoms with Crippen LogP contribution in [0.1, 0.15) is 31.2 Å². The predicted octanol–water partition coefficient (Wildman–Crippen LogP) is 2.12. The van der Waals surface area contributed by atoms with Crippen LogP contribution in [-0.4, -0.2) is 50.2 Å². The summed E-state index contributed by atoms with van der Waals surface area (Å²) in [6, 6.07) is 5.23. The van der Waals surface area contributed by atoms with E-state index in [9.17, 15) is 13.6 Å². The number of halogens is 2. The first-order valence-corrected chi connectivity index (χ1v) is 8.86. The largest absolute Gasteiger partial charge is 0.493 e. The van der Waals surface area contributed by atoms with Gasteiger partial charge in [-0.25, -0.2) is 0 Å². The smallest absolute Gasteiger partial charge is 0.387 e. The van der Waals surface area contributed by atoms with Gasteiger partial charge in [-0.1, -0.05) is 12.5 Å². The topological polar surface area (TPSA) is 76.8 Å². The van der Waals surface area contributed by atoms with Gasteiger partial charge < -0.3 is 20.5 Å². The van der Waals surface area contributed by atoms with E-state index in [1.807, 2.05) is 0 Å². The molecule has 0 radical (unpaired) electrons. The summed E-state index contributed by atoms with van der Waals surface area (Å²) in [5, 5.41) is 2.93. The molecule has 1 aromatic carbocycles. The summed E-state index contributed by atoms with van der Waals surface area (Å²) < 4.78 is 34.5. The highest BCUT2D eigenvalue weighted by Crippen LogP contribution is 2.30. The standard InChI is InChI=1S/C18H27F2N3O3/c1-25-16-10-13(5-6-15(16)26-18(19)20)12-23-9-3-2-4-14(23)11-22-17(24)7-8-21/h5-6,10,14,18H,2-4,7-9,11-12,21H2,1H3,(H,22,24). The number of carbonyl (C=O) groups is 1. The average Bonchev–Trinajstić information content (AvgIpc) is 2.62. The van der Waals surface area contributed by atoms with E-state index in [0.29, 0.717) is 26.1 Å². The molecule has 0 spiro atoms. The van der Waals surface area contributed by atoms with E-state index in [4.69, 9.17) is 10.5 Å². The number of rotatable bonds is 9. The Morgan fingerprint density at radius 1 is 1.38 bits per heavy atom. The Morgan fingerprint density at radius 3 is 2.88 bits per heavy atom. The fourth-order valence-electron chi connectivity index (χ4n) is 3.19. The average molecular weight is 371 g/mol. The molecule has 0 aliphatic carbocycles. The van der Waals surface area contributed by atoms with Crippen LogP contribution in [0.4, 0.5) is 8.78 Å². The number of ether oxygens (including phenoxy) is 2. The minimum atomic E-state index is -2.89. The van der Waals surface area contributed by atoms with Gasteiger partial charge >= 0.3 is 6.61 Å². The minimum absolute atomic E-state index is 0.0236. The van der Waals surface area contributed by atoms with Crippen molar-refractivity contribution in [3.05, 3.63) is 23.8 Å². The van der Waals surface area contributed by atoms with Crippen LogP contribution in [0, 0.1) is 0 Å². The third-order valence-electron chi connectivity index (χ3n) is 4.49. The summed E-state index contributed by atoms with van der Waals surface area (Å²) in [7, 11) is 1.42. The van der Waals surface area contributed by atoms with Gasteiger partial charge in [0.25, 0.3) is 0 Å². The van der Waals surface area contributed by atoms with Crippen molar-refractivity contribution < 1.29 is 23.0 Å². The quantitative estimate of drug-likeness (QED) is 0.695. The number of carbonyl (C=O) groups excluding carboxylic acids is 1. The van der Waals surface area contributed by atoms with Crippen LogP contribution >= 0.6 is 0 Å². The number of hydrogen-bond donors (Lipinski definition) is 2. The zero-order chi connectivity index (χ0) is 18.9. The van der Waals surface area contributed by atoms with Crippen LogP contribution in [-0.2, 0) is 11.3 Å². The molecule has 1 aliphatic rings. The van der Waals surface area contributed by atoms with Crippen LogP contribution in [0.2, 0.25) is 0 Å². The van der Waals surface area contributed by atoms with Crippen molar-refractivity contribution in [1.82, 2.24) is 10.2 Å². The van der Waals surface area contributed by atoms with Gasteiger partial charge in [0.15, 0.2) is 11.5 Å². The van der Waals surface area contributed by atoms with Gasteiger partial charge in [-0.15, -0.1) is 0 Å². The summed E-state index contributed by atoms with van der Waals surface area (Å²) in [5.74, 6) is 0.274. The van der Waals surface area contributed by atoms with Crippen LogP contribution in [0.25, 0.3) is 0 Å². The number of benzene rings is 1. The number of alkyl halides is 2. The lowest BCUT2D eigenvalue weighted by Crippen LogP contribution is -2.46. The summed E-state index contributed by atoms with van der Waals surface area (Å²) in [4.78, 5) is 14.0. The number of amides is 1. The minimum Gasteiger partial charge on any atom is -0.493 e. The third-order valence-corrected chi connectivity index (χ3v) is 4.49. The number of nitrogens with two attached hydrogens (primary N) is 1. The molecule has 1 fully saturated rings. The molecule has 1 aromatic rings. The molecule has 6 nitrogen and oxygen atoms in total. The highest BCUT2D eigenvalue weighted by atomic mass is 19.3. The Hall–Kier alpha value is -1.93. The van der Waals surface area contributed by atoms with Crippen LogP contribution < -0.4 is 20.5 Å². The van der Waals surface area contributed by atoms with Crippen molar-refractivity contribution in [1.29, 1.82) is 0 Å². The van der Waals surface area contributed by atoms with E-state index < -0.39 is 6.61 Å². The molecule has 26 heavy (non-hydrogen) atoms. The van der Waals surface area contributed by atoms with E-state index in [0.717, 1.165) is 31.4 Å². The molecule has 8 heteroatoms. The predicted molar refractivity (Wildman–Crippen MR) is 94.4 cm³/mol. The monoisotopic (exact) mass is 371 g/mol. The maximum atomic E-state index is 12.4. The molecule has 1 atom stereocenters. The lowest BCUT2D eigenvalue weighted by Gasteiger charge is -2.36. The number of methoxy groups -OCH3 is 1. The Labute approximate surface area is 152 Å². The maximum absolute atomic E-state index is 12.4. The fraction of sp³-hybridized carbons (Fsp3) is 0.611. The van der Waals surface area contributed by atoms with Crippen LogP contribution in [0.3, 0.4) is 0 Å². The highest BCUT2D eigenvalue weighted by molar-refractivity contribution is 5.76. The highest BCUT2D eigenvalue weighted by Gasteiger charge is 2.23. The fourth-order valence-corrected chi connectivity index (χ4v) is 3.19. The lowest BCUT2D eigenvalue weighted by atomic mass is 10.0. The van der Waals surface area contributed by atoms with E-state index in [1.165, 1.54) is 13.2 Å². The summed E-state index contributed by atoms with van der Waals surface area (Å²) >= 11 is 0. The second-order valence-corrected chi connectivity index (χ2v) is 6.33. The molecule has 2 rings (SSSR count). The molecule has 0 aromatic heterocycles. The van der Waals surface area contributed by atoms with Crippen molar-refractivity contribution >= 4 is 5.91 Å². The Kier molecular flexibility index (Phi) is 8.06. The molecule has 1 saturated heterocycles. The van der Waals surface area contributed by atoms with Crippen LogP contribution in [0.15, 0.2) is 18.2 Å². The van der Waals surface area contributed by atoms with Crippen molar-refractivity contribution in [2.24, 2.45) is 5.73 Å². The summed E-state index contributed by atoms with van der Waals surface area (Å²) in [5.41, 5.74) is 6.34. The lowest BCUT2D eigenvalue weighted by molar-refractivity contribution is -0.121. The number of piperidine rings is 1. The Morgan fingerprint density at radius 2 is 2.19 bits per heavy atom. The van der Waals surface area contributed by atoms with Gasteiger partial charge in [-0.3, -0.25) is 9.69 Å².